The van der Waals surface area contributed by atoms with E-state index in [9.17, 15) is 19.8 Å². The first-order chi connectivity index (χ1) is 35.5. The van der Waals surface area contributed by atoms with Crippen LogP contribution in [0.5, 0.6) is 0 Å². The van der Waals surface area contributed by atoms with Crippen molar-refractivity contribution in [1.82, 2.24) is 5.32 Å². The van der Waals surface area contributed by atoms with Crippen LogP contribution in [0.15, 0.2) is 24.3 Å². The molecule has 2 unspecified atom stereocenters. The van der Waals surface area contributed by atoms with Gasteiger partial charge in [-0.05, 0) is 57.8 Å². The van der Waals surface area contributed by atoms with Crippen LogP contribution in [-0.4, -0.2) is 47.4 Å². The van der Waals surface area contributed by atoms with E-state index in [-0.39, 0.29) is 18.5 Å². The highest BCUT2D eigenvalue weighted by Crippen LogP contribution is 2.18. The Bertz CT molecular complexity index is 1120. The van der Waals surface area contributed by atoms with Gasteiger partial charge in [-0.3, -0.25) is 9.59 Å². The van der Waals surface area contributed by atoms with Gasteiger partial charge in [-0.2, -0.15) is 0 Å². The van der Waals surface area contributed by atoms with E-state index in [2.05, 4.69) is 31.3 Å². The van der Waals surface area contributed by atoms with Crippen LogP contribution in [0.3, 0.4) is 0 Å². The zero-order chi connectivity index (χ0) is 52.2. The number of amides is 1. The van der Waals surface area contributed by atoms with Crippen molar-refractivity contribution in [1.29, 1.82) is 0 Å². The summed E-state index contributed by atoms with van der Waals surface area (Å²) in [6, 6.07) is -0.632. The third kappa shape index (κ3) is 57.6. The van der Waals surface area contributed by atoms with Crippen LogP contribution >= 0.6 is 0 Å². The van der Waals surface area contributed by atoms with Crippen LogP contribution in [0.4, 0.5) is 0 Å². The van der Waals surface area contributed by atoms with E-state index in [0.717, 1.165) is 44.9 Å². The van der Waals surface area contributed by atoms with Crippen LogP contribution in [0.25, 0.3) is 0 Å². The lowest BCUT2D eigenvalue weighted by molar-refractivity contribution is -0.143. The Morgan fingerprint density at radius 3 is 0.986 bits per heavy atom. The lowest BCUT2D eigenvalue weighted by Crippen LogP contribution is -2.45. The Morgan fingerprint density at radius 2 is 0.653 bits per heavy atom. The standard InChI is InChI=1S/C66H127NO5/c1-3-5-7-9-11-13-15-17-19-20-25-29-32-36-40-44-48-52-56-60-66(71)72-61-57-53-49-45-41-37-33-30-27-24-22-21-23-26-28-31-35-39-43-47-51-55-59-65(70)67-63(62-68)64(69)58-54-50-46-42-38-34-18-16-14-12-10-8-6-4-2/h23,26,54,58,63-64,68-69H,3-22,24-25,27-53,55-57,59-62H2,1-2H3,(H,67,70)/b26-23-,58-54+. The molecule has 1 amide bonds. The quantitative estimate of drug-likeness (QED) is 0.0320. The fourth-order valence-corrected chi connectivity index (χ4v) is 10.2. The molecular formula is C66H127NO5. The van der Waals surface area contributed by atoms with Gasteiger partial charge in [0.1, 0.15) is 0 Å². The van der Waals surface area contributed by atoms with E-state index in [1.165, 1.54) is 289 Å². The van der Waals surface area contributed by atoms with Crippen molar-refractivity contribution in [3.8, 4) is 0 Å². The molecule has 0 aromatic rings. The number of carbonyl (C=O) groups excluding carboxylic acids is 2. The van der Waals surface area contributed by atoms with Crippen LogP contribution in [0.2, 0.25) is 0 Å². The fraction of sp³-hybridized carbons (Fsp3) is 0.909. The fourth-order valence-electron chi connectivity index (χ4n) is 10.2. The average molecular weight is 1010 g/mol. The first-order valence-electron chi connectivity index (χ1n) is 32.6. The van der Waals surface area contributed by atoms with E-state index in [0.29, 0.717) is 19.4 Å². The van der Waals surface area contributed by atoms with Gasteiger partial charge in [0.25, 0.3) is 0 Å². The monoisotopic (exact) mass is 1010 g/mol. The van der Waals surface area contributed by atoms with Gasteiger partial charge in [0.05, 0.1) is 25.4 Å². The second-order valence-electron chi connectivity index (χ2n) is 22.5. The molecule has 6 nitrogen and oxygen atoms in total. The van der Waals surface area contributed by atoms with E-state index in [4.69, 9.17) is 4.74 Å². The summed E-state index contributed by atoms with van der Waals surface area (Å²) in [4.78, 5) is 24.6. The minimum Gasteiger partial charge on any atom is -0.466 e. The van der Waals surface area contributed by atoms with Gasteiger partial charge in [0.2, 0.25) is 5.91 Å². The molecule has 0 aliphatic carbocycles. The number of hydrogen-bond donors (Lipinski definition) is 3. The Balaban J connectivity index is 3.40. The molecule has 0 fully saturated rings. The van der Waals surface area contributed by atoms with E-state index < -0.39 is 12.1 Å². The number of hydrogen-bond acceptors (Lipinski definition) is 5. The number of nitrogens with one attached hydrogen (secondary N) is 1. The summed E-state index contributed by atoms with van der Waals surface area (Å²) < 4.78 is 5.50. The second-order valence-corrected chi connectivity index (χ2v) is 22.5. The van der Waals surface area contributed by atoms with Crippen molar-refractivity contribution >= 4 is 11.9 Å². The summed E-state index contributed by atoms with van der Waals surface area (Å²) in [6.45, 7) is 4.92. The molecular weight excluding hydrogens is 887 g/mol. The van der Waals surface area contributed by atoms with Gasteiger partial charge < -0.3 is 20.3 Å². The summed E-state index contributed by atoms with van der Waals surface area (Å²) in [6.07, 6.45) is 76.6. The third-order valence-corrected chi connectivity index (χ3v) is 15.2. The van der Waals surface area contributed by atoms with Gasteiger partial charge in [-0.15, -0.1) is 0 Å². The summed E-state index contributed by atoms with van der Waals surface area (Å²) >= 11 is 0. The highest BCUT2D eigenvalue weighted by Gasteiger charge is 2.18. The van der Waals surface area contributed by atoms with E-state index in [1.807, 2.05) is 6.08 Å². The highest BCUT2D eigenvalue weighted by atomic mass is 16.5. The molecule has 0 aromatic carbocycles. The van der Waals surface area contributed by atoms with Crippen molar-refractivity contribution in [2.24, 2.45) is 0 Å². The Hall–Kier alpha value is -1.66. The molecule has 3 N–H and O–H groups in total. The van der Waals surface area contributed by atoms with E-state index in [1.54, 1.807) is 6.08 Å². The molecule has 0 aliphatic rings. The van der Waals surface area contributed by atoms with Gasteiger partial charge >= 0.3 is 5.97 Å². The molecule has 0 rings (SSSR count). The summed E-state index contributed by atoms with van der Waals surface area (Å²) in [5, 5.41) is 23.1. The zero-order valence-electron chi connectivity index (χ0n) is 48.7. The largest absolute Gasteiger partial charge is 0.466 e. The van der Waals surface area contributed by atoms with Crippen LogP contribution in [0.1, 0.15) is 361 Å². The smallest absolute Gasteiger partial charge is 0.305 e. The number of carbonyl (C=O) groups is 2. The Kier molecular flexibility index (Phi) is 60.5. The topological polar surface area (TPSA) is 95.9 Å². The second kappa shape index (κ2) is 61.9. The van der Waals surface area contributed by atoms with E-state index >= 15 is 0 Å². The van der Waals surface area contributed by atoms with Crippen LogP contribution in [-0.2, 0) is 14.3 Å². The molecule has 0 bridgehead atoms. The first kappa shape index (κ1) is 70.3. The Morgan fingerprint density at radius 1 is 0.375 bits per heavy atom. The van der Waals surface area contributed by atoms with Crippen molar-refractivity contribution in [2.75, 3.05) is 13.2 Å². The summed E-state index contributed by atoms with van der Waals surface area (Å²) in [5.41, 5.74) is 0. The summed E-state index contributed by atoms with van der Waals surface area (Å²) in [7, 11) is 0. The number of allylic oxidation sites excluding steroid dienone is 3. The first-order valence-corrected chi connectivity index (χ1v) is 32.6. The van der Waals surface area contributed by atoms with Crippen LogP contribution < -0.4 is 5.32 Å². The maximum Gasteiger partial charge on any atom is 0.305 e. The van der Waals surface area contributed by atoms with Crippen molar-refractivity contribution in [3.63, 3.8) is 0 Å². The summed E-state index contributed by atoms with van der Waals surface area (Å²) in [5.74, 6) is -0.0589. The molecule has 0 radical (unpaired) electrons. The van der Waals surface area contributed by atoms with Crippen molar-refractivity contribution < 1.29 is 24.5 Å². The molecule has 0 heterocycles. The SMILES string of the molecule is CCCCCCCCCCCCCC/C=C/C(O)C(CO)NC(=O)CCCCCCCCC/C=C\CCCCCCCCCCCCCOC(=O)CCCCCCCCCCCCCCCCCCCCC. The number of esters is 1. The Labute approximate surface area is 450 Å². The normalized spacial score (nSPS) is 12.7. The maximum absolute atomic E-state index is 12.5. The van der Waals surface area contributed by atoms with Crippen molar-refractivity contribution in [2.45, 2.75) is 373 Å². The molecule has 0 saturated carbocycles. The lowest BCUT2D eigenvalue weighted by atomic mass is 10.0. The predicted octanol–water partition coefficient (Wildman–Crippen LogP) is 20.6. The number of ether oxygens (including phenoxy) is 1. The molecule has 0 spiro atoms. The molecule has 2 atom stereocenters. The molecule has 0 aromatic heterocycles. The number of aliphatic hydroxyl groups is 2. The molecule has 0 saturated heterocycles. The zero-order valence-corrected chi connectivity index (χ0v) is 48.7. The molecule has 426 valence electrons. The average Bonchev–Trinajstić information content (AvgIpc) is 3.38. The van der Waals surface area contributed by atoms with Crippen LogP contribution in [0, 0.1) is 0 Å². The number of unbranched alkanes of at least 4 members (excludes halogenated alkanes) is 48. The molecule has 6 heteroatoms. The highest BCUT2D eigenvalue weighted by molar-refractivity contribution is 5.76. The minimum absolute atomic E-state index is 0.0146. The predicted molar refractivity (Wildman–Crippen MR) is 315 cm³/mol. The van der Waals surface area contributed by atoms with Gasteiger partial charge in [-0.1, -0.05) is 314 Å². The van der Waals surface area contributed by atoms with Gasteiger partial charge in [-0.25, -0.2) is 0 Å². The minimum atomic E-state index is -0.848. The lowest BCUT2D eigenvalue weighted by Gasteiger charge is -2.20. The number of aliphatic hydroxyl groups excluding tert-OH is 2. The number of rotatable bonds is 61. The molecule has 0 aliphatic heterocycles. The molecule has 72 heavy (non-hydrogen) atoms. The van der Waals surface area contributed by atoms with Crippen molar-refractivity contribution in [3.05, 3.63) is 24.3 Å². The van der Waals surface area contributed by atoms with Gasteiger partial charge in [0, 0.05) is 12.8 Å². The maximum atomic E-state index is 12.5. The third-order valence-electron chi connectivity index (χ3n) is 15.2. The van der Waals surface area contributed by atoms with Gasteiger partial charge in [0.15, 0.2) is 0 Å².